The average molecular weight is 421 g/mol. The Morgan fingerprint density at radius 3 is 2.59 bits per heavy atom. The molecule has 2 aromatic rings. The molecule has 158 valence electrons. The van der Waals surface area contributed by atoms with Gasteiger partial charge in [-0.3, -0.25) is 9.48 Å². The van der Waals surface area contributed by atoms with Crippen LogP contribution < -0.4 is 5.32 Å². The van der Waals surface area contributed by atoms with Crippen LogP contribution in [0.4, 0.5) is 5.69 Å². The summed E-state index contributed by atoms with van der Waals surface area (Å²) in [6.45, 7) is 5.84. The van der Waals surface area contributed by atoms with Gasteiger partial charge in [0.05, 0.1) is 29.4 Å². The number of nitrogens with one attached hydrogen (secondary N) is 1. The molecule has 0 saturated carbocycles. The molecule has 1 aromatic heterocycles. The first-order valence-electron chi connectivity index (χ1n) is 9.99. The van der Waals surface area contributed by atoms with Crippen molar-refractivity contribution < 1.29 is 17.9 Å². The molecule has 1 saturated heterocycles. The predicted octanol–water partition coefficient (Wildman–Crippen LogP) is 2.74. The third-order valence-corrected chi connectivity index (χ3v) is 7.08. The van der Waals surface area contributed by atoms with E-state index in [2.05, 4.69) is 10.4 Å². The van der Waals surface area contributed by atoms with E-state index < -0.39 is 10.0 Å². The van der Waals surface area contributed by atoms with Crippen molar-refractivity contribution in [3.8, 4) is 0 Å². The lowest BCUT2D eigenvalue weighted by molar-refractivity contribution is 0.00400. The van der Waals surface area contributed by atoms with E-state index in [1.165, 1.54) is 28.6 Å². The second kappa shape index (κ2) is 9.51. The Morgan fingerprint density at radius 2 is 1.97 bits per heavy atom. The monoisotopic (exact) mass is 420 g/mol. The van der Waals surface area contributed by atoms with Crippen LogP contribution in [-0.4, -0.2) is 54.2 Å². The van der Waals surface area contributed by atoms with E-state index in [9.17, 15) is 13.2 Å². The summed E-state index contributed by atoms with van der Waals surface area (Å²) < 4.78 is 33.9. The number of benzene rings is 1. The minimum Gasteiger partial charge on any atom is -0.376 e. The molecule has 0 radical (unpaired) electrons. The van der Waals surface area contributed by atoms with Crippen molar-refractivity contribution in [1.82, 2.24) is 14.1 Å². The highest BCUT2D eigenvalue weighted by atomic mass is 32.2. The number of anilines is 1. The fraction of sp³-hybridized carbons (Fsp3) is 0.500. The largest absolute Gasteiger partial charge is 0.376 e. The number of ether oxygens (including phenoxy) is 1. The Balaban J connectivity index is 1.62. The van der Waals surface area contributed by atoms with Gasteiger partial charge < -0.3 is 10.1 Å². The maximum atomic E-state index is 12.5. The lowest BCUT2D eigenvalue weighted by Gasteiger charge is -2.22. The van der Waals surface area contributed by atoms with Gasteiger partial charge in [0.1, 0.15) is 0 Å². The van der Waals surface area contributed by atoms with E-state index in [-0.39, 0.29) is 16.9 Å². The number of nitrogens with zero attached hydrogens (tertiary/aromatic N) is 3. The van der Waals surface area contributed by atoms with E-state index in [1.807, 2.05) is 0 Å². The summed E-state index contributed by atoms with van der Waals surface area (Å²) in [5.41, 5.74) is 0.970. The maximum absolute atomic E-state index is 12.5. The molecule has 1 amide bonds. The number of hydrogen-bond donors (Lipinski definition) is 1. The Labute approximate surface area is 171 Å². The number of carbonyl (C=O) groups is 1. The molecule has 1 unspecified atom stereocenters. The zero-order valence-corrected chi connectivity index (χ0v) is 17.7. The summed E-state index contributed by atoms with van der Waals surface area (Å²) >= 11 is 0. The summed E-state index contributed by atoms with van der Waals surface area (Å²) in [4.78, 5) is 12.7. The zero-order valence-electron chi connectivity index (χ0n) is 16.9. The van der Waals surface area contributed by atoms with Crippen molar-refractivity contribution in [2.45, 2.75) is 50.7 Å². The number of carbonyl (C=O) groups excluding carboxylic acids is 1. The van der Waals surface area contributed by atoms with Gasteiger partial charge in [0.15, 0.2) is 0 Å². The minimum absolute atomic E-state index is 0.160. The van der Waals surface area contributed by atoms with E-state index in [4.69, 9.17) is 4.74 Å². The normalized spacial score (nSPS) is 17.4. The van der Waals surface area contributed by atoms with Gasteiger partial charge >= 0.3 is 0 Å². The van der Waals surface area contributed by atoms with Crippen LogP contribution in [0.2, 0.25) is 0 Å². The zero-order chi connectivity index (χ0) is 20.9. The van der Waals surface area contributed by atoms with Crippen molar-refractivity contribution in [3.63, 3.8) is 0 Å². The first-order chi connectivity index (χ1) is 13.9. The summed E-state index contributed by atoms with van der Waals surface area (Å²) in [5.74, 6) is -0.315. The number of aromatic nitrogens is 2. The Morgan fingerprint density at radius 1 is 1.24 bits per heavy atom. The molecule has 2 heterocycles. The highest BCUT2D eigenvalue weighted by Gasteiger charge is 2.22. The molecule has 1 aliphatic heterocycles. The summed E-state index contributed by atoms with van der Waals surface area (Å²) in [6.07, 6.45) is 6.81. The topological polar surface area (TPSA) is 93.5 Å². The Kier molecular flexibility index (Phi) is 7.05. The lowest BCUT2D eigenvalue weighted by Crippen LogP contribution is -2.30. The van der Waals surface area contributed by atoms with Crippen LogP contribution >= 0.6 is 0 Å². The second-order valence-electron chi connectivity index (χ2n) is 7.01. The van der Waals surface area contributed by atoms with Gasteiger partial charge in [0, 0.05) is 31.5 Å². The van der Waals surface area contributed by atoms with Crippen LogP contribution in [-0.2, 0) is 21.3 Å². The number of sulfonamides is 1. The van der Waals surface area contributed by atoms with Crippen LogP contribution in [0.25, 0.3) is 0 Å². The molecule has 1 fully saturated rings. The van der Waals surface area contributed by atoms with Crippen molar-refractivity contribution in [2.75, 3.05) is 25.0 Å². The smallest absolute Gasteiger partial charge is 0.255 e. The van der Waals surface area contributed by atoms with E-state index in [0.29, 0.717) is 30.9 Å². The quantitative estimate of drug-likeness (QED) is 0.709. The Hall–Kier alpha value is -2.23. The molecule has 9 heteroatoms. The molecule has 0 bridgehead atoms. The first-order valence-corrected chi connectivity index (χ1v) is 11.4. The van der Waals surface area contributed by atoms with Crippen LogP contribution in [0.15, 0.2) is 41.6 Å². The van der Waals surface area contributed by atoms with Crippen molar-refractivity contribution in [1.29, 1.82) is 0 Å². The minimum atomic E-state index is -3.54. The van der Waals surface area contributed by atoms with Crippen molar-refractivity contribution in [3.05, 3.63) is 42.2 Å². The highest BCUT2D eigenvalue weighted by molar-refractivity contribution is 7.89. The fourth-order valence-electron chi connectivity index (χ4n) is 3.38. The molecule has 3 rings (SSSR count). The summed E-state index contributed by atoms with van der Waals surface area (Å²) in [7, 11) is -3.54. The van der Waals surface area contributed by atoms with Crippen LogP contribution in [0.1, 0.15) is 43.5 Å². The number of amides is 1. The van der Waals surface area contributed by atoms with Gasteiger partial charge in [-0.25, -0.2) is 8.42 Å². The molecular formula is C20H28N4O4S. The molecular weight excluding hydrogens is 392 g/mol. The third kappa shape index (κ3) is 5.23. The highest BCUT2D eigenvalue weighted by Crippen LogP contribution is 2.18. The second-order valence-corrected chi connectivity index (χ2v) is 8.95. The molecule has 1 atom stereocenters. The van der Waals surface area contributed by atoms with Gasteiger partial charge in [-0.1, -0.05) is 13.8 Å². The average Bonchev–Trinajstić information content (AvgIpc) is 3.16. The fourth-order valence-corrected chi connectivity index (χ4v) is 4.84. The molecule has 1 aliphatic rings. The van der Waals surface area contributed by atoms with Crippen molar-refractivity contribution >= 4 is 21.6 Å². The van der Waals surface area contributed by atoms with Crippen LogP contribution in [0, 0.1) is 0 Å². The molecule has 29 heavy (non-hydrogen) atoms. The number of rotatable bonds is 8. The summed E-state index contributed by atoms with van der Waals surface area (Å²) in [5, 5.41) is 7.07. The van der Waals surface area contributed by atoms with E-state index in [0.717, 1.165) is 25.9 Å². The van der Waals surface area contributed by atoms with Gasteiger partial charge in [-0.2, -0.15) is 9.40 Å². The third-order valence-electron chi connectivity index (χ3n) is 5.02. The van der Waals surface area contributed by atoms with Gasteiger partial charge in [-0.05, 0) is 43.5 Å². The molecule has 8 nitrogen and oxygen atoms in total. The molecule has 1 N–H and O–H groups in total. The SMILES string of the molecule is CCN(CC)S(=O)(=O)c1ccc(C(=O)Nc2cnn(CC3CCCCO3)c2)cc1. The predicted molar refractivity (Wildman–Crippen MR) is 110 cm³/mol. The maximum Gasteiger partial charge on any atom is 0.255 e. The first kappa shape index (κ1) is 21.5. The van der Waals surface area contributed by atoms with Crippen LogP contribution in [0.5, 0.6) is 0 Å². The van der Waals surface area contributed by atoms with Crippen molar-refractivity contribution in [2.24, 2.45) is 0 Å². The van der Waals surface area contributed by atoms with E-state index in [1.54, 1.807) is 30.9 Å². The lowest BCUT2D eigenvalue weighted by atomic mass is 10.1. The van der Waals surface area contributed by atoms with Gasteiger partial charge in [0.2, 0.25) is 10.0 Å². The van der Waals surface area contributed by atoms with Crippen LogP contribution in [0.3, 0.4) is 0 Å². The van der Waals surface area contributed by atoms with Gasteiger partial charge in [-0.15, -0.1) is 0 Å². The molecule has 1 aromatic carbocycles. The number of hydrogen-bond acceptors (Lipinski definition) is 5. The summed E-state index contributed by atoms with van der Waals surface area (Å²) in [6, 6.07) is 5.97. The Bertz CT molecular complexity index is 914. The van der Waals surface area contributed by atoms with Gasteiger partial charge in [0.25, 0.3) is 5.91 Å². The molecule has 0 spiro atoms. The van der Waals surface area contributed by atoms with E-state index >= 15 is 0 Å². The standard InChI is InChI=1S/C20H28N4O4S/c1-3-24(4-2)29(26,27)19-10-8-16(9-11-19)20(25)22-17-13-21-23(14-17)15-18-7-5-6-12-28-18/h8-11,13-14,18H,3-7,12,15H2,1-2H3,(H,22,25). The molecule has 0 aliphatic carbocycles.